The van der Waals surface area contributed by atoms with Crippen molar-refractivity contribution in [3.8, 4) is 0 Å². The largest absolute Gasteiger partial charge is 0.397 e. The van der Waals surface area contributed by atoms with E-state index in [4.69, 9.17) is 17.3 Å². The third-order valence-electron chi connectivity index (χ3n) is 2.30. The summed E-state index contributed by atoms with van der Waals surface area (Å²) in [6, 6.07) is 5.33. The molecule has 1 aromatic carbocycles. The molecule has 0 saturated carbocycles. The van der Waals surface area contributed by atoms with Gasteiger partial charge in [0.2, 0.25) is 0 Å². The Morgan fingerprint density at radius 3 is 2.75 bits per heavy atom. The molecule has 0 aliphatic carbocycles. The highest BCUT2D eigenvalue weighted by Crippen LogP contribution is 2.27. The molecule has 0 spiro atoms. The Kier molecular flexibility index (Phi) is 2.75. The molecule has 3 N–H and O–H groups in total. The number of nitrogens with zero attached hydrogens (tertiary/aromatic N) is 2. The van der Waals surface area contributed by atoms with Gasteiger partial charge in [-0.1, -0.05) is 11.6 Å². The van der Waals surface area contributed by atoms with Crippen LogP contribution in [0.3, 0.4) is 0 Å². The standard InChI is InChI=1S/C11H13ClN4/c1-7-11(6-16(2)15-7)14-10-5-8(12)3-4-9(10)13/h3-6,14H,13H2,1-2H3. The van der Waals surface area contributed by atoms with Gasteiger partial charge >= 0.3 is 0 Å². The molecule has 1 heterocycles. The van der Waals surface area contributed by atoms with E-state index >= 15 is 0 Å². The van der Waals surface area contributed by atoms with E-state index in [1.165, 1.54) is 0 Å². The number of anilines is 3. The van der Waals surface area contributed by atoms with Gasteiger partial charge in [-0.3, -0.25) is 4.68 Å². The van der Waals surface area contributed by atoms with E-state index in [1.807, 2.05) is 20.2 Å². The molecule has 4 nitrogen and oxygen atoms in total. The van der Waals surface area contributed by atoms with Gasteiger partial charge in [0.15, 0.2) is 0 Å². The molecule has 5 heteroatoms. The highest BCUT2D eigenvalue weighted by Gasteiger charge is 2.05. The predicted molar refractivity (Wildman–Crippen MR) is 67.1 cm³/mol. The first-order chi connectivity index (χ1) is 7.56. The topological polar surface area (TPSA) is 55.9 Å². The number of rotatable bonds is 2. The fourth-order valence-corrected chi connectivity index (χ4v) is 1.68. The minimum Gasteiger partial charge on any atom is -0.397 e. The van der Waals surface area contributed by atoms with Gasteiger partial charge in [-0.25, -0.2) is 0 Å². The Balaban J connectivity index is 2.33. The lowest BCUT2D eigenvalue weighted by Gasteiger charge is -2.08. The van der Waals surface area contributed by atoms with Gasteiger partial charge in [0.1, 0.15) is 0 Å². The van der Waals surface area contributed by atoms with Crippen LogP contribution in [-0.2, 0) is 7.05 Å². The lowest BCUT2D eigenvalue weighted by atomic mass is 10.2. The van der Waals surface area contributed by atoms with Gasteiger partial charge < -0.3 is 11.1 Å². The average Bonchev–Trinajstić information content (AvgIpc) is 2.51. The van der Waals surface area contributed by atoms with Crippen LogP contribution >= 0.6 is 11.6 Å². The van der Waals surface area contributed by atoms with Crippen molar-refractivity contribution in [1.29, 1.82) is 0 Å². The van der Waals surface area contributed by atoms with E-state index in [-0.39, 0.29) is 0 Å². The maximum absolute atomic E-state index is 5.91. The van der Waals surface area contributed by atoms with Crippen LogP contribution < -0.4 is 11.1 Å². The molecule has 16 heavy (non-hydrogen) atoms. The van der Waals surface area contributed by atoms with Gasteiger partial charge in [0, 0.05) is 18.3 Å². The Morgan fingerprint density at radius 1 is 1.38 bits per heavy atom. The maximum Gasteiger partial charge on any atom is 0.0828 e. The Morgan fingerprint density at radius 2 is 2.12 bits per heavy atom. The molecule has 1 aromatic heterocycles. The highest BCUT2D eigenvalue weighted by molar-refractivity contribution is 6.31. The van der Waals surface area contributed by atoms with E-state index in [2.05, 4.69) is 10.4 Å². The number of aromatic nitrogens is 2. The summed E-state index contributed by atoms with van der Waals surface area (Å²) in [6.07, 6.45) is 1.90. The van der Waals surface area contributed by atoms with Crippen LogP contribution in [0.5, 0.6) is 0 Å². The number of nitrogens with one attached hydrogen (secondary N) is 1. The number of benzene rings is 1. The molecule has 0 unspecified atom stereocenters. The van der Waals surface area contributed by atoms with Crippen LogP contribution in [0.4, 0.5) is 17.1 Å². The summed E-state index contributed by atoms with van der Waals surface area (Å²) in [5, 5.41) is 8.10. The van der Waals surface area contributed by atoms with Crippen LogP contribution in [0.1, 0.15) is 5.69 Å². The van der Waals surface area contributed by atoms with Crippen molar-refractivity contribution in [2.45, 2.75) is 6.92 Å². The summed E-state index contributed by atoms with van der Waals surface area (Å²) < 4.78 is 1.75. The normalized spacial score (nSPS) is 10.4. The highest BCUT2D eigenvalue weighted by atomic mass is 35.5. The van der Waals surface area contributed by atoms with E-state index in [9.17, 15) is 0 Å². The number of aryl methyl sites for hydroxylation is 2. The molecule has 0 atom stereocenters. The minimum atomic E-state index is 0.651. The number of nitrogen functional groups attached to an aromatic ring is 1. The van der Waals surface area contributed by atoms with Crippen molar-refractivity contribution in [2.24, 2.45) is 7.05 Å². The fraction of sp³-hybridized carbons (Fsp3) is 0.182. The summed E-state index contributed by atoms with van der Waals surface area (Å²) in [4.78, 5) is 0. The number of hydrogen-bond donors (Lipinski definition) is 2. The maximum atomic E-state index is 5.91. The molecule has 0 aliphatic rings. The van der Waals surface area contributed by atoms with E-state index < -0.39 is 0 Å². The molecule has 0 bridgehead atoms. The second-order valence-electron chi connectivity index (χ2n) is 3.66. The first-order valence-electron chi connectivity index (χ1n) is 4.88. The Hall–Kier alpha value is -1.68. The summed E-state index contributed by atoms with van der Waals surface area (Å²) in [6.45, 7) is 1.93. The second kappa shape index (κ2) is 4.06. The zero-order chi connectivity index (χ0) is 11.7. The molecule has 2 aromatic rings. The Bertz CT molecular complexity index is 519. The number of halogens is 1. The summed E-state index contributed by atoms with van der Waals surface area (Å²) in [7, 11) is 1.87. The molecule has 0 fully saturated rings. The zero-order valence-corrected chi connectivity index (χ0v) is 9.92. The molecule has 0 radical (unpaired) electrons. The molecular formula is C11H13ClN4. The van der Waals surface area contributed by atoms with Crippen LogP contribution in [0.15, 0.2) is 24.4 Å². The summed E-state index contributed by atoms with van der Waals surface area (Å²) in [5.74, 6) is 0. The lowest BCUT2D eigenvalue weighted by Crippen LogP contribution is -1.96. The van der Waals surface area contributed by atoms with Crippen LogP contribution in [-0.4, -0.2) is 9.78 Å². The summed E-state index contributed by atoms with van der Waals surface area (Å²) in [5.41, 5.74) is 9.15. The van der Waals surface area contributed by atoms with E-state index in [1.54, 1.807) is 22.9 Å². The molecular weight excluding hydrogens is 224 g/mol. The number of hydrogen-bond acceptors (Lipinski definition) is 3. The van der Waals surface area contributed by atoms with Crippen molar-refractivity contribution in [1.82, 2.24) is 9.78 Å². The van der Waals surface area contributed by atoms with Crippen molar-refractivity contribution >= 4 is 28.7 Å². The van der Waals surface area contributed by atoms with Crippen molar-refractivity contribution in [2.75, 3.05) is 11.1 Å². The van der Waals surface area contributed by atoms with Crippen LogP contribution in [0.2, 0.25) is 5.02 Å². The smallest absolute Gasteiger partial charge is 0.0828 e. The fourth-order valence-electron chi connectivity index (χ4n) is 1.50. The van der Waals surface area contributed by atoms with Crippen LogP contribution in [0, 0.1) is 6.92 Å². The first-order valence-corrected chi connectivity index (χ1v) is 5.26. The van der Waals surface area contributed by atoms with Gasteiger partial charge in [-0.2, -0.15) is 5.10 Å². The van der Waals surface area contributed by atoms with Gasteiger partial charge in [0.25, 0.3) is 0 Å². The van der Waals surface area contributed by atoms with Crippen molar-refractivity contribution < 1.29 is 0 Å². The minimum absolute atomic E-state index is 0.651. The van der Waals surface area contributed by atoms with E-state index in [0.717, 1.165) is 17.1 Å². The Labute approximate surface area is 99.0 Å². The quantitative estimate of drug-likeness (QED) is 0.789. The van der Waals surface area contributed by atoms with Crippen LogP contribution in [0.25, 0.3) is 0 Å². The first kappa shape index (κ1) is 10.8. The molecule has 0 saturated heterocycles. The van der Waals surface area contributed by atoms with Gasteiger partial charge in [0.05, 0.1) is 22.8 Å². The van der Waals surface area contributed by atoms with Gasteiger partial charge in [-0.15, -0.1) is 0 Å². The van der Waals surface area contributed by atoms with E-state index in [0.29, 0.717) is 10.7 Å². The molecule has 2 rings (SSSR count). The SMILES string of the molecule is Cc1nn(C)cc1Nc1cc(Cl)ccc1N. The van der Waals surface area contributed by atoms with Crippen molar-refractivity contribution in [3.05, 3.63) is 35.1 Å². The zero-order valence-electron chi connectivity index (χ0n) is 9.16. The predicted octanol–water partition coefficient (Wildman–Crippen LogP) is 2.71. The second-order valence-corrected chi connectivity index (χ2v) is 4.09. The lowest BCUT2D eigenvalue weighted by molar-refractivity contribution is 0.756. The van der Waals surface area contributed by atoms with Crippen molar-refractivity contribution in [3.63, 3.8) is 0 Å². The summed E-state index contributed by atoms with van der Waals surface area (Å²) >= 11 is 5.91. The number of nitrogens with two attached hydrogens (primary N) is 1. The third kappa shape index (κ3) is 2.12. The molecule has 84 valence electrons. The third-order valence-corrected chi connectivity index (χ3v) is 2.53. The molecule has 0 amide bonds. The van der Waals surface area contributed by atoms with Gasteiger partial charge in [-0.05, 0) is 25.1 Å². The molecule has 0 aliphatic heterocycles. The average molecular weight is 237 g/mol. The monoisotopic (exact) mass is 236 g/mol.